The first kappa shape index (κ1) is 24.6. The molecular weight excluding hydrogens is 482 g/mol. The van der Waals surface area contributed by atoms with Crippen LogP contribution in [0.1, 0.15) is 47.9 Å². The number of carbonyl (C=O) groups excluding carboxylic acids is 2. The predicted molar refractivity (Wildman–Crippen MR) is 127 cm³/mol. The predicted octanol–water partition coefficient (Wildman–Crippen LogP) is 4.22. The third-order valence-electron chi connectivity index (χ3n) is 3.86. The van der Waals surface area contributed by atoms with Gasteiger partial charge in [-0.3, -0.25) is 25.8 Å². The molecule has 2 rings (SSSR count). The van der Waals surface area contributed by atoms with Crippen molar-refractivity contribution >= 4 is 45.1 Å². The number of carbonyl (C=O) groups is 2. The van der Waals surface area contributed by atoms with E-state index in [1.165, 1.54) is 0 Å². The minimum absolute atomic E-state index is 0.0448. The van der Waals surface area contributed by atoms with Crippen LogP contribution in [-0.2, 0) is 0 Å². The quantitative estimate of drug-likeness (QED) is 0.366. The fourth-order valence-corrected chi connectivity index (χ4v) is 2.88. The van der Waals surface area contributed by atoms with Crippen molar-refractivity contribution < 1.29 is 19.1 Å². The number of hydrazine groups is 1. The molecule has 0 unspecified atom stereocenters. The zero-order chi connectivity index (χ0) is 22.8. The molecule has 0 atom stereocenters. The Morgan fingerprint density at radius 1 is 1.03 bits per heavy atom. The van der Waals surface area contributed by atoms with Crippen molar-refractivity contribution in [2.24, 2.45) is 5.92 Å². The second kappa shape index (κ2) is 12.3. The van der Waals surface area contributed by atoms with E-state index in [2.05, 4.69) is 45.9 Å². The maximum atomic E-state index is 12.6. The Hall–Kier alpha value is -2.65. The van der Waals surface area contributed by atoms with Crippen LogP contribution in [0.15, 0.2) is 46.9 Å². The standard InChI is InChI=1S/C22H26BrN3O4S/c1-4-11-29-19-10-7-16(23)12-18(19)21(28)24-22(31)26-25-20(27)15-5-8-17(9-6-15)30-13-14(2)3/h5-10,12,14H,4,11,13H2,1-3H3,(H,25,27)(H2,24,26,28,31). The monoisotopic (exact) mass is 507 g/mol. The van der Waals surface area contributed by atoms with E-state index >= 15 is 0 Å². The summed E-state index contributed by atoms with van der Waals surface area (Å²) in [4.78, 5) is 24.9. The summed E-state index contributed by atoms with van der Waals surface area (Å²) in [6, 6.07) is 11.9. The molecule has 31 heavy (non-hydrogen) atoms. The molecule has 2 aromatic carbocycles. The Kier molecular flexibility index (Phi) is 9.74. The van der Waals surface area contributed by atoms with Crippen LogP contribution < -0.4 is 25.6 Å². The Labute approximate surface area is 196 Å². The van der Waals surface area contributed by atoms with Gasteiger partial charge in [0, 0.05) is 10.0 Å². The average molecular weight is 508 g/mol. The first-order valence-corrected chi connectivity index (χ1v) is 11.1. The van der Waals surface area contributed by atoms with Crippen molar-refractivity contribution in [3.05, 3.63) is 58.1 Å². The number of rotatable bonds is 8. The third-order valence-corrected chi connectivity index (χ3v) is 4.56. The van der Waals surface area contributed by atoms with Crippen molar-refractivity contribution in [1.29, 1.82) is 0 Å². The summed E-state index contributed by atoms with van der Waals surface area (Å²) < 4.78 is 11.9. The summed E-state index contributed by atoms with van der Waals surface area (Å²) in [6.07, 6.45) is 0.813. The molecule has 0 aromatic heterocycles. The van der Waals surface area contributed by atoms with Crippen molar-refractivity contribution in [2.75, 3.05) is 13.2 Å². The Bertz CT molecular complexity index is 919. The van der Waals surface area contributed by atoms with Crippen LogP contribution in [0.4, 0.5) is 0 Å². The molecular formula is C22H26BrN3O4S. The summed E-state index contributed by atoms with van der Waals surface area (Å²) in [5.74, 6) is 0.701. The van der Waals surface area contributed by atoms with Crippen LogP contribution in [0, 0.1) is 5.92 Å². The van der Waals surface area contributed by atoms with Gasteiger partial charge in [0.1, 0.15) is 11.5 Å². The van der Waals surface area contributed by atoms with Gasteiger partial charge >= 0.3 is 0 Å². The van der Waals surface area contributed by atoms with Gasteiger partial charge in [-0.2, -0.15) is 0 Å². The summed E-state index contributed by atoms with van der Waals surface area (Å²) in [5.41, 5.74) is 5.74. The highest BCUT2D eigenvalue weighted by molar-refractivity contribution is 9.10. The fraction of sp³-hybridized carbons (Fsp3) is 0.318. The molecule has 3 N–H and O–H groups in total. The molecule has 0 radical (unpaired) electrons. The van der Waals surface area contributed by atoms with Gasteiger partial charge in [0.05, 0.1) is 18.8 Å². The first-order valence-electron chi connectivity index (χ1n) is 9.87. The van der Waals surface area contributed by atoms with E-state index in [1.54, 1.807) is 42.5 Å². The van der Waals surface area contributed by atoms with Gasteiger partial charge in [0.15, 0.2) is 5.11 Å². The average Bonchev–Trinajstić information content (AvgIpc) is 2.75. The molecule has 0 saturated carbocycles. The van der Waals surface area contributed by atoms with Crippen LogP contribution in [0.25, 0.3) is 0 Å². The van der Waals surface area contributed by atoms with Gasteiger partial charge in [0.25, 0.3) is 11.8 Å². The van der Waals surface area contributed by atoms with Gasteiger partial charge in [-0.1, -0.05) is 36.7 Å². The molecule has 2 amide bonds. The fourth-order valence-electron chi connectivity index (χ4n) is 2.37. The molecule has 0 saturated heterocycles. The van der Waals surface area contributed by atoms with Gasteiger partial charge in [-0.05, 0) is 67.0 Å². The lowest BCUT2D eigenvalue weighted by Gasteiger charge is -2.14. The Morgan fingerprint density at radius 2 is 1.74 bits per heavy atom. The smallest absolute Gasteiger partial charge is 0.269 e. The minimum Gasteiger partial charge on any atom is -0.493 e. The zero-order valence-corrected chi connectivity index (χ0v) is 20.1. The third kappa shape index (κ3) is 8.18. The van der Waals surface area contributed by atoms with Crippen molar-refractivity contribution in [3.8, 4) is 11.5 Å². The Morgan fingerprint density at radius 3 is 2.39 bits per heavy atom. The van der Waals surface area contributed by atoms with Crippen LogP contribution >= 0.6 is 28.1 Å². The van der Waals surface area contributed by atoms with E-state index in [9.17, 15) is 9.59 Å². The molecule has 0 aliphatic heterocycles. The van der Waals surface area contributed by atoms with E-state index in [-0.39, 0.29) is 5.11 Å². The highest BCUT2D eigenvalue weighted by Gasteiger charge is 2.15. The number of thiocarbonyl (C=S) groups is 1. The van der Waals surface area contributed by atoms with Gasteiger partial charge < -0.3 is 9.47 Å². The van der Waals surface area contributed by atoms with E-state index in [1.807, 2.05) is 6.92 Å². The molecule has 0 aliphatic carbocycles. The van der Waals surface area contributed by atoms with Crippen LogP contribution in [0.3, 0.4) is 0 Å². The SMILES string of the molecule is CCCOc1ccc(Br)cc1C(=O)NC(=S)NNC(=O)c1ccc(OCC(C)C)cc1. The second-order valence-electron chi connectivity index (χ2n) is 7.08. The normalized spacial score (nSPS) is 10.4. The van der Waals surface area contributed by atoms with Gasteiger partial charge in [0.2, 0.25) is 0 Å². The second-order valence-corrected chi connectivity index (χ2v) is 8.40. The summed E-state index contributed by atoms with van der Waals surface area (Å²) in [6.45, 7) is 7.19. The number of halogens is 1. The summed E-state index contributed by atoms with van der Waals surface area (Å²) in [7, 11) is 0. The van der Waals surface area contributed by atoms with Crippen molar-refractivity contribution in [2.45, 2.75) is 27.2 Å². The molecule has 2 aromatic rings. The number of hydrogen-bond acceptors (Lipinski definition) is 5. The summed E-state index contributed by atoms with van der Waals surface area (Å²) >= 11 is 8.46. The number of hydrogen-bond donors (Lipinski definition) is 3. The highest BCUT2D eigenvalue weighted by Crippen LogP contribution is 2.23. The first-order chi connectivity index (χ1) is 14.8. The zero-order valence-electron chi connectivity index (χ0n) is 17.7. The minimum atomic E-state index is -0.453. The maximum absolute atomic E-state index is 12.6. The molecule has 9 heteroatoms. The van der Waals surface area contributed by atoms with Crippen LogP contribution in [0.2, 0.25) is 0 Å². The molecule has 0 heterocycles. The molecule has 0 spiro atoms. The van der Waals surface area contributed by atoms with E-state index < -0.39 is 11.8 Å². The number of ether oxygens (including phenoxy) is 2. The highest BCUT2D eigenvalue weighted by atomic mass is 79.9. The number of nitrogens with one attached hydrogen (secondary N) is 3. The number of amides is 2. The molecule has 166 valence electrons. The topological polar surface area (TPSA) is 88.7 Å². The van der Waals surface area contributed by atoms with E-state index in [0.717, 1.165) is 10.9 Å². The lowest BCUT2D eigenvalue weighted by molar-refractivity contribution is 0.0933. The molecule has 0 fully saturated rings. The summed E-state index contributed by atoms with van der Waals surface area (Å²) in [5, 5.41) is 2.48. The lowest BCUT2D eigenvalue weighted by atomic mass is 10.2. The van der Waals surface area contributed by atoms with Gasteiger partial charge in [-0.15, -0.1) is 0 Å². The molecule has 0 bridgehead atoms. The number of benzene rings is 2. The maximum Gasteiger partial charge on any atom is 0.269 e. The van der Waals surface area contributed by atoms with Gasteiger partial charge in [-0.25, -0.2) is 0 Å². The van der Waals surface area contributed by atoms with Crippen molar-refractivity contribution in [1.82, 2.24) is 16.2 Å². The molecule has 7 nitrogen and oxygen atoms in total. The van der Waals surface area contributed by atoms with Crippen LogP contribution in [0.5, 0.6) is 11.5 Å². The van der Waals surface area contributed by atoms with E-state index in [4.69, 9.17) is 21.7 Å². The van der Waals surface area contributed by atoms with E-state index in [0.29, 0.717) is 41.8 Å². The molecule has 0 aliphatic rings. The Balaban J connectivity index is 1.89. The largest absolute Gasteiger partial charge is 0.493 e. The van der Waals surface area contributed by atoms with Crippen LogP contribution in [-0.4, -0.2) is 30.1 Å². The van der Waals surface area contributed by atoms with Crippen molar-refractivity contribution in [3.63, 3.8) is 0 Å². The lowest BCUT2D eigenvalue weighted by Crippen LogP contribution is -2.48.